The molecular weight excluding hydrogens is 203 g/mol. The molecule has 0 aliphatic carbocycles. The van der Waals surface area contributed by atoms with Crippen molar-refractivity contribution in [3.63, 3.8) is 0 Å². The number of aliphatic imine (C=N–C) groups is 1. The van der Waals surface area contributed by atoms with E-state index < -0.39 is 7.12 Å². The van der Waals surface area contributed by atoms with E-state index in [2.05, 4.69) is 4.99 Å². The topological polar surface area (TPSA) is 78.8 Å². The molecule has 0 atom stereocenters. The molecule has 0 spiro atoms. The Bertz CT molecular complexity index is 392. The maximum atomic E-state index is 9.05. The first kappa shape index (κ1) is 12.7. The summed E-state index contributed by atoms with van der Waals surface area (Å²) in [6.07, 6.45) is 1.68. The highest BCUT2D eigenvalue weighted by molar-refractivity contribution is 6.58. The van der Waals surface area contributed by atoms with Gasteiger partial charge >= 0.3 is 7.12 Å². The Balaban J connectivity index is 3.03. The first-order valence-corrected chi connectivity index (χ1v) is 5.34. The summed E-state index contributed by atoms with van der Waals surface area (Å²) in [5.74, 6) is 0.565. The molecule has 0 heterocycles. The molecule has 0 aromatic heterocycles. The number of amidine groups is 1. The van der Waals surface area contributed by atoms with Crippen molar-refractivity contribution in [1.29, 1.82) is 0 Å². The Morgan fingerprint density at radius 1 is 1.44 bits per heavy atom. The lowest BCUT2D eigenvalue weighted by molar-refractivity contribution is 0.426. The zero-order valence-electron chi connectivity index (χ0n) is 9.64. The van der Waals surface area contributed by atoms with Gasteiger partial charge in [-0.05, 0) is 30.4 Å². The highest BCUT2D eigenvalue weighted by Crippen LogP contribution is 2.16. The summed E-state index contributed by atoms with van der Waals surface area (Å²) < 4.78 is 0. The van der Waals surface area contributed by atoms with Crippen LogP contribution in [0.25, 0.3) is 0 Å². The first-order valence-electron chi connectivity index (χ1n) is 5.34. The lowest BCUT2D eigenvalue weighted by atomic mass is 9.80. The second kappa shape index (κ2) is 5.68. The zero-order chi connectivity index (χ0) is 12.1. The number of benzene rings is 1. The van der Waals surface area contributed by atoms with Crippen LogP contribution in [0, 0.1) is 6.92 Å². The van der Waals surface area contributed by atoms with Crippen LogP contribution < -0.4 is 11.2 Å². The Hall–Kier alpha value is -1.33. The van der Waals surface area contributed by atoms with E-state index in [9.17, 15) is 0 Å². The van der Waals surface area contributed by atoms with Gasteiger partial charge in [-0.1, -0.05) is 19.1 Å². The largest absolute Gasteiger partial charge is 0.488 e. The number of nitrogens with two attached hydrogens (primary N) is 1. The lowest BCUT2D eigenvalue weighted by Gasteiger charge is -2.05. The predicted molar refractivity (Wildman–Crippen MR) is 67.2 cm³/mol. The van der Waals surface area contributed by atoms with Crippen molar-refractivity contribution < 1.29 is 10.0 Å². The highest BCUT2D eigenvalue weighted by atomic mass is 16.4. The van der Waals surface area contributed by atoms with E-state index in [1.165, 1.54) is 0 Å². The molecule has 4 N–H and O–H groups in total. The number of nitrogens with zero attached hydrogens (tertiary/aromatic N) is 1. The van der Waals surface area contributed by atoms with Gasteiger partial charge in [0.15, 0.2) is 0 Å². The molecule has 0 saturated carbocycles. The van der Waals surface area contributed by atoms with Gasteiger partial charge in [0.2, 0.25) is 0 Å². The molecule has 0 fully saturated rings. The van der Waals surface area contributed by atoms with Crippen LogP contribution in [0.3, 0.4) is 0 Å². The minimum absolute atomic E-state index is 0.425. The maximum absolute atomic E-state index is 9.05. The van der Waals surface area contributed by atoms with Crippen LogP contribution in [0.2, 0.25) is 0 Å². The van der Waals surface area contributed by atoms with Gasteiger partial charge in [0.25, 0.3) is 0 Å². The van der Waals surface area contributed by atoms with Crippen molar-refractivity contribution in [2.75, 3.05) is 0 Å². The average molecular weight is 220 g/mol. The quantitative estimate of drug-likeness (QED) is 0.392. The Morgan fingerprint density at radius 3 is 2.69 bits per heavy atom. The van der Waals surface area contributed by atoms with E-state index in [1.54, 1.807) is 18.2 Å². The van der Waals surface area contributed by atoms with Crippen molar-refractivity contribution >= 4 is 24.1 Å². The van der Waals surface area contributed by atoms with Gasteiger partial charge in [-0.15, -0.1) is 0 Å². The van der Waals surface area contributed by atoms with Crippen LogP contribution >= 0.6 is 0 Å². The van der Waals surface area contributed by atoms with Crippen molar-refractivity contribution in [3.8, 4) is 0 Å². The molecule has 0 amide bonds. The molecule has 16 heavy (non-hydrogen) atoms. The highest BCUT2D eigenvalue weighted by Gasteiger charge is 2.11. The molecule has 1 aromatic carbocycles. The standard InChI is InChI=1S/C11H17BN2O2/c1-3-4-11(13)14-10-7-9(12(15)16)6-5-8(10)2/h5-7,15-16H,3-4H2,1-2H3,(H2,13,14). The van der Waals surface area contributed by atoms with Crippen molar-refractivity contribution in [3.05, 3.63) is 23.8 Å². The fraction of sp³-hybridized carbons (Fsp3) is 0.364. The molecule has 1 aromatic rings. The molecular formula is C11H17BN2O2. The van der Waals surface area contributed by atoms with E-state index in [0.29, 0.717) is 17.0 Å². The first-order chi connectivity index (χ1) is 7.54. The fourth-order valence-electron chi connectivity index (χ4n) is 1.37. The van der Waals surface area contributed by atoms with Gasteiger partial charge in [-0.25, -0.2) is 4.99 Å². The molecule has 0 saturated heterocycles. The smallest absolute Gasteiger partial charge is 0.423 e. The fourth-order valence-corrected chi connectivity index (χ4v) is 1.37. The monoisotopic (exact) mass is 220 g/mol. The van der Waals surface area contributed by atoms with Crippen LogP contribution in [0.4, 0.5) is 5.69 Å². The Labute approximate surface area is 96.0 Å². The molecule has 0 unspecified atom stereocenters. The molecule has 0 bridgehead atoms. The minimum Gasteiger partial charge on any atom is -0.423 e. The third kappa shape index (κ3) is 3.36. The van der Waals surface area contributed by atoms with Gasteiger partial charge in [0, 0.05) is 6.42 Å². The number of aryl methyl sites for hydroxylation is 1. The number of hydrogen-bond acceptors (Lipinski definition) is 3. The molecule has 0 aliphatic rings. The van der Waals surface area contributed by atoms with Gasteiger partial charge < -0.3 is 15.8 Å². The molecule has 5 heteroatoms. The minimum atomic E-state index is -1.47. The average Bonchev–Trinajstić information content (AvgIpc) is 2.21. The molecule has 4 nitrogen and oxygen atoms in total. The summed E-state index contributed by atoms with van der Waals surface area (Å²) in [4.78, 5) is 4.26. The van der Waals surface area contributed by atoms with Gasteiger partial charge in [0.05, 0.1) is 11.5 Å². The van der Waals surface area contributed by atoms with Crippen molar-refractivity contribution in [2.24, 2.45) is 10.7 Å². The van der Waals surface area contributed by atoms with Crippen LogP contribution in [0.15, 0.2) is 23.2 Å². The van der Waals surface area contributed by atoms with E-state index in [4.69, 9.17) is 15.8 Å². The summed E-state index contributed by atoms with van der Waals surface area (Å²) in [6.45, 7) is 3.94. The molecule has 1 rings (SSSR count). The summed E-state index contributed by atoms with van der Waals surface area (Å²) >= 11 is 0. The second-order valence-corrected chi connectivity index (χ2v) is 3.77. The van der Waals surface area contributed by atoms with Gasteiger partial charge in [-0.3, -0.25) is 0 Å². The summed E-state index contributed by atoms with van der Waals surface area (Å²) in [5, 5.41) is 18.1. The van der Waals surface area contributed by atoms with E-state index >= 15 is 0 Å². The number of hydrogen-bond donors (Lipinski definition) is 3. The third-order valence-corrected chi connectivity index (χ3v) is 2.30. The summed E-state index contributed by atoms with van der Waals surface area (Å²) in [6, 6.07) is 5.10. The SMILES string of the molecule is CCCC(N)=Nc1cc(B(O)O)ccc1C. The van der Waals surface area contributed by atoms with E-state index in [-0.39, 0.29) is 0 Å². The van der Waals surface area contributed by atoms with Crippen LogP contribution in [0.5, 0.6) is 0 Å². The predicted octanol–water partition coefficient (Wildman–Crippen LogP) is 0.464. The summed E-state index contributed by atoms with van der Waals surface area (Å²) in [5.41, 5.74) is 7.81. The maximum Gasteiger partial charge on any atom is 0.488 e. The lowest BCUT2D eigenvalue weighted by Crippen LogP contribution is -2.29. The summed E-state index contributed by atoms with van der Waals surface area (Å²) in [7, 11) is -1.47. The van der Waals surface area contributed by atoms with E-state index in [1.807, 2.05) is 13.8 Å². The van der Waals surface area contributed by atoms with Crippen LogP contribution in [-0.2, 0) is 0 Å². The Morgan fingerprint density at radius 2 is 2.12 bits per heavy atom. The van der Waals surface area contributed by atoms with Gasteiger partial charge in [-0.2, -0.15) is 0 Å². The Kier molecular flexibility index (Phi) is 4.52. The molecule has 86 valence electrons. The molecule has 0 aliphatic heterocycles. The second-order valence-electron chi connectivity index (χ2n) is 3.77. The van der Waals surface area contributed by atoms with Crippen molar-refractivity contribution in [2.45, 2.75) is 26.7 Å². The van der Waals surface area contributed by atoms with Crippen LogP contribution in [0.1, 0.15) is 25.3 Å². The van der Waals surface area contributed by atoms with Crippen LogP contribution in [-0.4, -0.2) is 23.0 Å². The zero-order valence-corrected chi connectivity index (χ0v) is 9.64. The van der Waals surface area contributed by atoms with E-state index in [0.717, 1.165) is 18.4 Å². The normalized spacial score (nSPS) is 11.6. The number of rotatable bonds is 4. The van der Waals surface area contributed by atoms with Crippen molar-refractivity contribution in [1.82, 2.24) is 0 Å². The van der Waals surface area contributed by atoms with Gasteiger partial charge in [0.1, 0.15) is 0 Å². The molecule has 0 radical (unpaired) electrons. The third-order valence-electron chi connectivity index (χ3n) is 2.30.